The van der Waals surface area contributed by atoms with Gasteiger partial charge in [0, 0.05) is 24.6 Å². The molecule has 2 rings (SSSR count). The lowest BCUT2D eigenvalue weighted by Gasteiger charge is -2.04. The number of nitrogens with zero attached hydrogens (tertiary/aromatic N) is 5. The highest BCUT2D eigenvalue weighted by Gasteiger charge is 2.05. The first-order chi connectivity index (χ1) is 8.69. The van der Waals surface area contributed by atoms with Gasteiger partial charge in [-0.3, -0.25) is 0 Å². The molecule has 0 fully saturated rings. The fourth-order valence-electron chi connectivity index (χ4n) is 1.60. The van der Waals surface area contributed by atoms with Crippen molar-refractivity contribution in [1.82, 2.24) is 25.0 Å². The smallest absolute Gasteiger partial charge is 0.132 e. The van der Waals surface area contributed by atoms with Gasteiger partial charge >= 0.3 is 0 Å². The van der Waals surface area contributed by atoms with Gasteiger partial charge in [-0.1, -0.05) is 5.21 Å². The number of aryl methyl sites for hydroxylation is 2. The maximum absolute atomic E-state index is 8.74. The average molecular weight is 248 g/mol. The molecule has 0 radical (unpaired) electrons. The third-order valence-electron chi connectivity index (χ3n) is 2.53. The predicted octanol–water partition coefficient (Wildman–Crippen LogP) is -0.0681. The van der Waals surface area contributed by atoms with E-state index in [0.29, 0.717) is 24.6 Å². The molecule has 0 spiro atoms. The number of rotatable bonds is 5. The minimum Gasteiger partial charge on any atom is -0.396 e. The summed E-state index contributed by atoms with van der Waals surface area (Å²) in [6, 6.07) is 0. The van der Waals surface area contributed by atoms with E-state index in [2.05, 4.69) is 20.3 Å². The largest absolute Gasteiger partial charge is 0.396 e. The Balaban J connectivity index is 2.06. The zero-order valence-corrected chi connectivity index (χ0v) is 10.2. The Morgan fingerprint density at radius 2 is 2.28 bits per heavy atom. The predicted molar refractivity (Wildman–Crippen MR) is 65.7 cm³/mol. The summed E-state index contributed by atoms with van der Waals surface area (Å²) in [4.78, 5) is 8.21. The van der Waals surface area contributed by atoms with Gasteiger partial charge in [0.25, 0.3) is 0 Å². The second-order valence-corrected chi connectivity index (χ2v) is 4.06. The van der Waals surface area contributed by atoms with Crippen molar-refractivity contribution in [3.8, 4) is 0 Å². The van der Waals surface area contributed by atoms with Crippen molar-refractivity contribution >= 4 is 5.82 Å². The first-order valence-electron chi connectivity index (χ1n) is 5.77. The van der Waals surface area contributed by atoms with Crippen LogP contribution >= 0.6 is 0 Å². The normalized spacial score (nSPS) is 10.8. The van der Waals surface area contributed by atoms with Crippen LogP contribution in [0.15, 0.2) is 12.4 Å². The zero-order chi connectivity index (χ0) is 13.0. The maximum Gasteiger partial charge on any atom is 0.132 e. The molecular weight excluding hydrogens is 232 g/mol. The van der Waals surface area contributed by atoms with Crippen molar-refractivity contribution in [2.75, 3.05) is 12.3 Å². The highest BCUT2D eigenvalue weighted by molar-refractivity contribution is 5.37. The highest BCUT2D eigenvalue weighted by Crippen LogP contribution is 2.09. The molecular formula is C11H16N6O. The molecule has 0 saturated carbocycles. The Morgan fingerprint density at radius 1 is 1.44 bits per heavy atom. The van der Waals surface area contributed by atoms with Gasteiger partial charge in [0.15, 0.2) is 0 Å². The van der Waals surface area contributed by atoms with Crippen molar-refractivity contribution in [2.24, 2.45) is 0 Å². The molecule has 7 nitrogen and oxygen atoms in total. The minimum atomic E-state index is 0.158. The summed E-state index contributed by atoms with van der Waals surface area (Å²) >= 11 is 0. The molecule has 0 aliphatic rings. The van der Waals surface area contributed by atoms with Crippen LogP contribution in [0, 0.1) is 6.92 Å². The zero-order valence-electron chi connectivity index (χ0n) is 10.2. The molecule has 0 unspecified atom stereocenters. The summed E-state index contributed by atoms with van der Waals surface area (Å²) in [6.07, 6.45) is 4.95. The Bertz CT molecular complexity index is 524. The van der Waals surface area contributed by atoms with Crippen LogP contribution in [0.5, 0.6) is 0 Å². The number of hydrogen-bond donors (Lipinski definition) is 2. The number of aliphatic hydroxyl groups excluding tert-OH is 1. The van der Waals surface area contributed by atoms with E-state index >= 15 is 0 Å². The van der Waals surface area contributed by atoms with Gasteiger partial charge in [-0.25, -0.2) is 14.6 Å². The standard InChI is InChI=1S/C11H16N6O/c1-8-13-5-9(11(12)14-8)6-17-7-10(15-16-17)3-2-4-18/h5,7,18H,2-4,6H2,1H3,(H2,12,13,14). The summed E-state index contributed by atoms with van der Waals surface area (Å²) in [5.41, 5.74) is 7.49. The topological polar surface area (TPSA) is 103 Å². The highest BCUT2D eigenvalue weighted by atomic mass is 16.2. The van der Waals surface area contributed by atoms with Gasteiger partial charge < -0.3 is 10.8 Å². The lowest BCUT2D eigenvalue weighted by atomic mass is 10.2. The Morgan fingerprint density at radius 3 is 3.00 bits per heavy atom. The van der Waals surface area contributed by atoms with E-state index in [9.17, 15) is 0 Å². The molecule has 2 aromatic heterocycles. The summed E-state index contributed by atoms with van der Waals surface area (Å²) in [6.45, 7) is 2.45. The minimum absolute atomic E-state index is 0.158. The van der Waals surface area contributed by atoms with Crippen LogP contribution in [0.3, 0.4) is 0 Å². The molecule has 7 heteroatoms. The molecule has 0 aliphatic carbocycles. The number of nitrogens with two attached hydrogens (primary N) is 1. The fourth-order valence-corrected chi connectivity index (χ4v) is 1.60. The van der Waals surface area contributed by atoms with Gasteiger partial charge in [-0.2, -0.15) is 0 Å². The Hall–Kier alpha value is -2.02. The van der Waals surface area contributed by atoms with Crippen LogP contribution in [-0.4, -0.2) is 36.7 Å². The molecule has 0 atom stereocenters. The molecule has 3 N–H and O–H groups in total. The van der Waals surface area contributed by atoms with E-state index in [4.69, 9.17) is 10.8 Å². The number of hydrogen-bond acceptors (Lipinski definition) is 6. The molecule has 0 amide bonds. The molecule has 0 saturated heterocycles. The van der Waals surface area contributed by atoms with E-state index in [0.717, 1.165) is 17.7 Å². The van der Waals surface area contributed by atoms with Gasteiger partial charge in [0.2, 0.25) is 0 Å². The monoisotopic (exact) mass is 248 g/mol. The lowest BCUT2D eigenvalue weighted by Crippen LogP contribution is -2.07. The number of anilines is 1. The molecule has 18 heavy (non-hydrogen) atoms. The van der Waals surface area contributed by atoms with Gasteiger partial charge in [0.05, 0.1) is 12.2 Å². The van der Waals surface area contributed by atoms with Crippen molar-refractivity contribution in [3.63, 3.8) is 0 Å². The molecule has 2 heterocycles. The van der Waals surface area contributed by atoms with Crippen LogP contribution in [-0.2, 0) is 13.0 Å². The van der Waals surface area contributed by atoms with Crippen LogP contribution in [0.2, 0.25) is 0 Å². The van der Waals surface area contributed by atoms with Crippen molar-refractivity contribution in [2.45, 2.75) is 26.3 Å². The third kappa shape index (κ3) is 3.01. The van der Waals surface area contributed by atoms with Crippen molar-refractivity contribution in [1.29, 1.82) is 0 Å². The lowest BCUT2D eigenvalue weighted by molar-refractivity contribution is 0.288. The molecule has 96 valence electrons. The van der Waals surface area contributed by atoms with Gasteiger partial charge in [-0.05, 0) is 19.8 Å². The summed E-state index contributed by atoms with van der Waals surface area (Å²) in [5, 5.41) is 16.8. The Kier molecular flexibility index (Phi) is 3.83. The van der Waals surface area contributed by atoms with Crippen LogP contribution in [0.1, 0.15) is 23.5 Å². The van der Waals surface area contributed by atoms with Crippen molar-refractivity contribution < 1.29 is 5.11 Å². The number of aliphatic hydroxyl groups is 1. The van der Waals surface area contributed by atoms with E-state index in [1.54, 1.807) is 17.8 Å². The second-order valence-electron chi connectivity index (χ2n) is 4.06. The molecule has 0 aromatic carbocycles. The number of nitrogen functional groups attached to an aromatic ring is 1. The maximum atomic E-state index is 8.74. The van der Waals surface area contributed by atoms with E-state index in [-0.39, 0.29) is 6.61 Å². The first kappa shape index (κ1) is 12.4. The first-order valence-corrected chi connectivity index (χ1v) is 5.77. The molecule has 0 aliphatic heterocycles. The van der Waals surface area contributed by atoms with E-state index in [1.165, 1.54) is 0 Å². The summed E-state index contributed by atoms with van der Waals surface area (Å²) < 4.78 is 1.69. The SMILES string of the molecule is Cc1ncc(Cn2cc(CCCO)nn2)c(N)n1. The van der Waals surface area contributed by atoms with Crippen LogP contribution in [0.25, 0.3) is 0 Å². The van der Waals surface area contributed by atoms with E-state index < -0.39 is 0 Å². The fraction of sp³-hybridized carbons (Fsp3) is 0.455. The summed E-state index contributed by atoms with van der Waals surface area (Å²) in [5.74, 6) is 1.12. The van der Waals surface area contributed by atoms with E-state index in [1.807, 2.05) is 6.20 Å². The van der Waals surface area contributed by atoms with Gasteiger partial charge in [0.1, 0.15) is 11.6 Å². The average Bonchev–Trinajstić information content (AvgIpc) is 2.78. The van der Waals surface area contributed by atoms with Crippen LogP contribution < -0.4 is 5.73 Å². The summed E-state index contributed by atoms with van der Waals surface area (Å²) in [7, 11) is 0. The second kappa shape index (κ2) is 5.54. The Labute approximate surface area is 105 Å². The third-order valence-corrected chi connectivity index (χ3v) is 2.53. The number of aromatic nitrogens is 5. The molecule has 0 bridgehead atoms. The molecule has 2 aromatic rings. The van der Waals surface area contributed by atoms with Crippen molar-refractivity contribution in [3.05, 3.63) is 29.5 Å². The quantitative estimate of drug-likeness (QED) is 0.768. The van der Waals surface area contributed by atoms with Gasteiger partial charge in [-0.15, -0.1) is 5.10 Å². The van der Waals surface area contributed by atoms with Crippen LogP contribution in [0.4, 0.5) is 5.82 Å².